The zero-order chi connectivity index (χ0) is 11.7. The molecule has 1 aromatic carbocycles. The summed E-state index contributed by atoms with van der Waals surface area (Å²) in [6.45, 7) is 0. The van der Waals surface area contributed by atoms with E-state index in [1.807, 2.05) is 24.3 Å². The van der Waals surface area contributed by atoms with E-state index < -0.39 is 0 Å². The third-order valence-corrected chi connectivity index (χ3v) is 3.36. The van der Waals surface area contributed by atoms with Gasteiger partial charge in [-0.2, -0.15) is 4.98 Å². The Balaban J connectivity index is 1.82. The van der Waals surface area contributed by atoms with Crippen molar-refractivity contribution in [2.75, 3.05) is 5.73 Å². The second kappa shape index (κ2) is 4.20. The van der Waals surface area contributed by atoms with Gasteiger partial charge in [-0.15, -0.1) is 0 Å². The van der Waals surface area contributed by atoms with Crippen LogP contribution in [-0.2, 0) is 6.42 Å². The van der Waals surface area contributed by atoms with Crippen LogP contribution >= 0.6 is 0 Å². The first-order chi connectivity index (χ1) is 8.33. The Bertz CT molecular complexity index is 517. The van der Waals surface area contributed by atoms with Gasteiger partial charge in [-0.05, 0) is 30.9 Å². The normalized spacial score (nSPS) is 15.8. The summed E-state index contributed by atoms with van der Waals surface area (Å²) < 4.78 is 5.26. The Morgan fingerprint density at radius 1 is 1.29 bits per heavy atom. The number of nitrogens with two attached hydrogens (primary N) is 1. The van der Waals surface area contributed by atoms with Gasteiger partial charge >= 0.3 is 0 Å². The molecule has 2 aromatic rings. The van der Waals surface area contributed by atoms with Crippen molar-refractivity contribution < 1.29 is 4.52 Å². The zero-order valence-electron chi connectivity index (χ0n) is 9.60. The van der Waals surface area contributed by atoms with E-state index in [-0.39, 0.29) is 0 Å². The van der Waals surface area contributed by atoms with E-state index in [0.717, 1.165) is 23.8 Å². The van der Waals surface area contributed by atoms with Crippen LogP contribution in [0.5, 0.6) is 0 Å². The van der Waals surface area contributed by atoms with Crippen molar-refractivity contribution in [1.82, 2.24) is 10.1 Å². The summed E-state index contributed by atoms with van der Waals surface area (Å²) in [5.74, 6) is 2.06. The third-order valence-electron chi connectivity index (χ3n) is 3.36. The minimum atomic E-state index is 0.595. The van der Waals surface area contributed by atoms with Gasteiger partial charge < -0.3 is 10.3 Å². The highest BCUT2D eigenvalue weighted by Crippen LogP contribution is 2.30. The second-order valence-corrected chi connectivity index (χ2v) is 4.60. The smallest absolute Gasteiger partial charge is 0.227 e. The maximum atomic E-state index is 5.88. The minimum Gasteiger partial charge on any atom is -0.398 e. The van der Waals surface area contributed by atoms with Gasteiger partial charge in [0.05, 0.1) is 0 Å². The molecule has 0 saturated heterocycles. The molecule has 0 unspecified atom stereocenters. The molecule has 1 saturated carbocycles. The molecule has 17 heavy (non-hydrogen) atoms. The van der Waals surface area contributed by atoms with Crippen molar-refractivity contribution in [3.8, 4) is 11.4 Å². The first-order valence-corrected chi connectivity index (χ1v) is 6.00. The van der Waals surface area contributed by atoms with E-state index in [2.05, 4.69) is 10.1 Å². The Morgan fingerprint density at radius 2 is 2.12 bits per heavy atom. The maximum absolute atomic E-state index is 5.88. The fraction of sp³-hybridized carbons (Fsp3) is 0.385. The Kier molecular flexibility index (Phi) is 2.55. The molecular weight excluding hydrogens is 214 g/mol. The average Bonchev–Trinajstić information content (AvgIpc) is 2.73. The summed E-state index contributed by atoms with van der Waals surface area (Å²) in [5, 5.41) is 3.99. The predicted octanol–water partition coefficient (Wildman–Crippen LogP) is 2.66. The van der Waals surface area contributed by atoms with Crippen molar-refractivity contribution in [3.63, 3.8) is 0 Å². The molecular formula is C13H15N3O. The zero-order valence-corrected chi connectivity index (χ0v) is 9.60. The Morgan fingerprint density at radius 3 is 2.82 bits per heavy atom. The van der Waals surface area contributed by atoms with Gasteiger partial charge in [-0.3, -0.25) is 0 Å². The fourth-order valence-electron chi connectivity index (χ4n) is 2.09. The van der Waals surface area contributed by atoms with E-state index >= 15 is 0 Å². The molecule has 0 spiro atoms. The highest BCUT2D eigenvalue weighted by atomic mass is 16.5. The quantitative estimate of drug-likeness (QED) is 0.822. The van der Waals surface area contributed by atoms with Crippen molar-refractivity contribution in [2.45, 2.75) is 25.7 Å². The molecule has 0 amide bonds. The molecule has 1 heterocycles. The van der Waals surface area contributed by atoms with Gasteiger partial charge in [0.1, 0.15) is 0 Å². The average molecular weight is 229 g/mol. The van der Waals surface area contributed by atoms with Crippen LogP contribution in [0.25, 0.3) is 11.4 Å². The molecule has 4 heteroatoms. The number of rotatable bonds is 3. The molecule has 88 valence electrons. The molecule has 1 aliphatic carbocycles. The fourth-order valence-corrected chi connectivity index (χ4v) is 2.09. The van der Waals surface area contributed by atoms with E-state index in [1.165, 1.54) is 19.3 Å². The van der Waals surface area contributed by atoms with Crippen LogP contribution in [0, 0.1) is 5.92 Å². The van der Waals surface area contributed by atoms with Crippen molar-refractivity contribution in [1.29, 1.82) is 0 Å². The van der Waals surface area contributed by atoms with Crippen molar-refractivity contribution in [3.05, 3.63) is 30.2 Å². The summed E-state index contributed by atoms with van der Waals surface area (Å²) >= 11 is 0. The third kappa shape index (κ3) is 2.02. The molecule has 0 radical (unpaired) electrons. The van der Waals surface area contributed by atoms with Crippen LogP contribution in [0.1, 0.15) is 25.2 Å². The Hall–Kier alpha value is -1.84. The Labute approximate surface area is 99.8 Å². The lowest BCUT2D eigenvalue weighted by Gasteiger charge is -2.23. The molecule has 1 fully saturated rings. The molecule has 1 aliphatic rings. The number of nitrogen functional groups attached to an aromatic ring is 1. The summed E-state index contributed by atoms with van der Waals surface area (Å²) in [6.07, 6.45) is 4.80. The summed E-state index contributed by atoms with van der Waals surface area (Å²) in [7, 11) is 0. The van der Waals surface area contributed by atoms with Gasteiger partial charge in [-0.25, -0.2) is 0 Å². The predicted molar refractivity (Wildman–Crippen MR) is 65.2 cm³/mol. The summed E-state index contributed by atoms with van der Waals surface area (Å²) in [4.78, 5) is 4.41. The minimum absolute atomic E-state index is 0.595. The maximum Gasteiger partial charge on any atom is 0.227 e. The number of benzene rings is 1. The van der Waals surface area contributed by atoms with Crippen LogP contribution in [0.4, 0.5) is 5.69 Å². The van der Waals surface area contributed by atoms with Gasteiger partial charge in [-0.1, -0.05) is 23.7 Å². The number of hydrogen-bond acceptors (Lipinski definition) is 4. The van der Waals surface area contributed by atoms with Crippen LogP contribution in [-0.4, -0.2) is 10.1 Å². The SMILES string of the molecule is Nc1ccccc1-c1noc(CC2CCC2)n1. The second-order valence-electron chi connectivity index (χ2n) is 4.60. The summed E-state index contributed by atoms with van der Waals surface area (Å²) in [5.41, 5.74) is 7.41. The molecule has 4 nitrogen and oxygen atoms in total. The van der Waals surface area contributed by atoms with E-state index in [1.54, 1.807) is 0 Å². The number of nitrogens with zero attached hydrogens (tertiary/aromatic N) is 2. The van der Waals surface area contributed by atoms with E-state index in [4.69, 9.17) is 10.3 Å². The van der Waals surface area contributed by atoms with Gasteiger partial charge in [0.15, 0.2) is 0 Å². The number of aromatic nitrogens is 2. The van der Waals surface area contributed by atoms with Crippen molar-refractivity contribution >= 4 is 5.69 Å². The monoisotopic (exact) mass is 229 g/mol. The van der Waals surface area contributed by atoms with Crippen LogP contribution in [0.15, 0.2) is 28.8 Å². The molecule has 3 rings (SSSR count). The lowest BCUT2D eigenvalue weighted by Crippen LogP contribution is -2.13. The summed E-state index contributed by atoms with van der Waals surface area (Å²) in [6, 6.07) is 7.58. The van der Waals surface area contributed by atoms with Gasteiger partial charge in [0.25, 0.3) is 0 Å². The standard InChI is InChI=1S/C13H15N3O/c14-11-7-2-1-6-10(11)13-15-12(17-16-13)8-9-4-3-5-9/h1-2,6-7,9H,3-5,8,14H2. The molecule has 2 N–H and O–H groups in total. The van der Waals surface area contributed by atoms with E-state index in [0.29, 0.717) is 11.5 Å². The molecule has 0 atom stereocenters. The first-order valence-electron chi connectivity index (χ1n) is 6.00. The molecule has 0 aliphatic heterocycles. The topological polar surface area (TPSA) is 64.9 Å². The first kappa shape index (κ1) is 10.3. The van der Waals surface area contributed by atoms with Crippen molar-refractivity contribution in [2.24, 2.45) is 5.92 Å². The largest absolute Gasteiger partial charge is 0.398 e. The highest BCUT2D eigenvalue weighted by Gasteiger charge is 2.21. The van der Waals surface area contributed by atoms with Crippen LogP contribution in [0.3, 0.4) is 0 Å². The van der Waals surface area contributed by atoms with Crippen LogP contribution in [0.2, 0.25) is 0 Å². The number of hydrogen-bond donors (Lipinski definition) is 1. The van der Waals surface area contributed by atoms with Gasteiger partial charge in [0.2, 0.25) is 11.7 Å². The molecule has 0 bridgehead atoms. The lowest BCUT2D eigenvalue weighted by atomic mass is 9.83. The van der Waals surface area contributed by atoms with Gasteiger partial charge in [0, 0.05) is 17.7 Å². The lowest BCUT2D eigenvalue weighted by molar-refractivity contribution is 0.273. The number of para-hydroxylation sites is 1. The highest BCUT2D eigenvalue weighted by molar-refractivity contribution is 5.70. The molecule has 1 aromatic heterocycles. The van der Waals surface area contributed by atoms with E-state index in [9.17, 15) is 0 Å². The van der Waals surface area contributed by atoms with Crippen LogP contribution < -0.4 is 5.73 Å². The number of anilines is 1.